The first-order valence-electron chi connectivity index (χ1n) is 9.74. The van der Waals surface area contributed by atoms with Crippen molar-refractivity contribution in [1.82, 2.24) is 4.90 Å². The van der Waals surface area contributed by atoms with E-state index >= 15 is 0 Å². The van der Waals surface area contributed by atoms with Crippen molar-refractivity contribution < 1.29 is 9.15 Å². The van der Waals surface area contributed by atoms with Gasteiger partial charge in [-0.2, -0.15) is 0 Å². The van der Waals surface area contributed by atoms with Crippen LogP contribution < -0.4 is 10.2 Å². The Hall–Kier alpha value is -2.59. The molecular weight excluding hydrogens is 338 g/mol. The molecule has 2 aromatic carbocycles. The summed E-state index contributed by atoms with van der Waals surface area (Å²) >= 11 is 0. The molecule has 4 nitrogen and oxygen atoms in total. The topological polar surface area (TPSA) is 42.7 Å². The van der Waals surface area contributed by atoms with Crippen LogP contribution >= 0.6 is 0 Å². The highest BCUT2D eigenvalue weighted by molar-refractivity contribution is 5.86. The number of nitrogens with zero attached hydrogens (tertiary/aromatic N) is 1. The van der Waals surface area contributed by atoms with Gasteiger partial charge in [-0.25, -0.2) is 0 Å². The minimum absolute atomic E-state index is 0.0285. The molecule has 0 radical (unpaired) electrons. The first kappa shape index (κ1) is 16.6. The molecule has 0 bridgehead atoms. The lowest BCUT2D eigenvalue weighted by Crippen LogP contribution is -2.39. The van der Waals surface area contributed by atoms with E-state index in [1.54, 1.807) is 0 Å². The van der Waals surface area contributed by atoms with Crippen molar-refractivity contribution in [3.05, 3.63) is 64.0 Å². The van der Waals surface area contributed by atoms with Gasteiger partial charge in [0.05, 0.1) is 16.5 Å². The minimum Gasteiger partial charge on any atom is -0.478 e. The zero-order valence-electron chi connectivity index (χ0n) is 15.5. The molecule has 1 fully saturated rings. The van der Waals surface area contributed by atoms with Gasteiger partial charge in [0.25, 0.3) is 0 Å². The number of hydrogen-bond donors (Lipinski definition) is 0. The molecule has 0 atom stereocenters. The summed E-state index contributed by atoms with van der Waals surface area (Å²) < 4.78 is 12.2. The molecule has 1 aliphatic heterocycles. The molecule has 27 heavy (non-hydrogen) atoms. The summed E-state index contributed by atoms with van der Waals surface area (Å²) in [5, 5.41) is 0.634. The number of ether oxygens (including phenoxy) is 1. The van der Waals surface area contributed by atoms with Gasteiger partial charge in [-0.15, -0.1) is 0 Å². The first-order valence-corrected chi connectivity index (χ1v) is 9.74. The summed E-state index contributed by atoms with van der Waals surface area (Å²) in [5.74, 6) is 1.50. The molecule has 1 saturated carbocycles. The molecule has 0 spiro atoms. The smallest absolute Gasteiger partial charge is 0.200 e. The van der Waals surface area contributed by atoms with Crippen LogP contribution in [0.3, 0.4) is 0 Å². The fourth-order valence-electron chi connectivity index (χ4n) is 4.53. The number of hydrogen-bond acceptors (Lipinski definition) is 4. The maximum absolute atomic E-state index is 13.3. The molecule has 1 aromatic heterocycles. The Morgan fingerprint density at radius 2 is 1.81 bits per heavy atom. The van der Waals surface area contributed by atoms with Crippen LogP contribution in [0.2, 0.25) is 0 Å². The molecule has 0 saturated heterocycles. The quantitative estimate of drug-likeness (QED) is 0.653. The van der Waals surface area contributed by atoms with Crippen LogP contribution in [0.1, 0.15) is 37.0 Å². The molecule has 1 aliphatic carbocycles. The van der Waals surface area contributed by atoms with Gasteiger partial charge in [0.2, 0.25) is 5.43 Å². The Balaban J connectivity index is 1.65. The van der Waals surface area contributed by atoms with Crippen LogP contribution in [0.25, 0.3) is 22.1 Å². The highest BCUT2D eigenvalue weighted by atomic mass is 16.5. The lowest BCUT2D eigenvalue weighted by atomic mass is 10.0. The monoisotopic (exact) mass is 361 g/mol. The molecule has 2 heterocycles. The number of rotatable bonds is 2. The Morgan fingerprint density at radius 1 is 1.04 bits per heavy atom. The molecule has 3 aromatic rings. The van der Waals surface area contributed by atoms with Gasteiger partial charge in [-0.05, 0) is 37.5 Å². The Morgan fingerprint density at radius 3 is 2.59 bits per heavy atom. The molecule has 0 N–H and O–H groups in total. The van der Waals surface area contributed by atoms with Crippen molar-refractivity contribution >= 4 is 11.0 Å². The number of benzene rings is 2. The fraction of sp³-hybridized carbons (Fsp3) is 0.348. The minimum atomic E-state index is 0.0285. The van der Waals surface area contributed by atoms with E-state index in [9.17, 15) is 4.79 Å². The second-order valence-electron chi connectivity index (χ2n) is 7.61. The van der Waals surface area contributed by atoms with E-state index in [0.717, 1.165) is 23.4 Å². The molecule has 0 unspecified atom stereocenters. The average Bonchev–Trinajstić information content (AvgIpc) is 3.23. The van der Waals surface area contributed by atoms with Gasteiger partial charge in [0.1, 0.15) is 23.8 Å². The van der Waals surface area contributed by atoms with Crippen molar-refractivity contribution in [3.8, 4) is 16.9 Å². The third kappa shape index (κ3) is 2.76. The van der Waals surface area contributed by atoms with Gasteiger partial charge < -0.3 is 9.15 Å². The molecule has 5 rings (SSSR count). The SMILES string of the molecule is Cc1oc2c3c(ccc2c(=O)c1-c1ccccc1)OCN(C1CCCC1)C3. The van der Waals surface area contributed by atoms with Crippen molar-refractivity contribution in [3.63, 3.8) is 0 Å². The van der Waals surface area contributed by atoms with Gasteiger partial charge in [0, 0.05) is 12.6 Å². The predicted octanol–water partition coefficient (Wildman–Crippen LogP) is 4.86. The summed E-state index contributed by atoms with van der Waals surface area (Å²) in [6.45, 7) is 3.28. The second kappa shape index (κ2) is 6.54. The normalized spacial score (nSPS) is 17.8. The third-order valence-electron chi connectivity index (χ3n) is 5.95. The van der Waals surface area contributed by atoms with E-state index < -0.39 is 0 Å². The molecule has 4 heteroatoms. The summed E-state index contributed by atoms with van der Waals surface area (Å²) in [6.07, 6.45) is 5.03. The van der Waals surface area contributed by atoms with E-state index in [1.807, 2.05) is 49.4 Å². The van der Waals surface area contributed by atoms with Crippen LogP contribution in [0.5, 0.6) is 5.75 Å². The van der Waals surface area contributed by atoms with Crippen LogP contribution in [0.15, 0.2) is 51.7 Å². The Labute approximate surface area is 158 Å². The largest absolute Gasteiger partial charge is 0.478 e. The van der Waals surface area contributed by atoms with Crippen LogP contribution in [0, 0.1) is 6.92 Å². The molecule has 138 valence electrons. The van der Waals surface area contributed by atoms with Crippen LogP contribution in [0.4, 0.5) is 0 Å². The van der Waals surface area contributed by atoms with Gasteiger partial charge in [-0.3, -0.25) is 9.69 Å². The summed E-state index contributed by atoms with van der Waals surface area (Å²) in [5.41, 5.74) is 3.25. The lowest BCUT2D eigenvalue weighted by Gasteiger charge is -2.33. The van der Waals surface area contributed by atoms with Crippen LogP contribution in [-0.4, -0.2) is 17.7 Å². The summed E-state index contributed by atoms with van der Waals surface area (Å²) in [4.78, 5) is 15.6. The third-order valence-corrected chi connectivity index (χ3v) is 5.95. The average molecular weight is 361 g/mol. The van der Waals surface area contributed by atoms with Crippen molar-refractivity contribution in [2.75, 3.05) is 6.73 Å². The van der Waals surface area contributed by atoms with Gasteiger partial charge in [0.15, 0.2) is 0 Å². The Bertz CT molecular complexity index is 1050. The number of fused-ring (bicyclic) bond motifs is 3. The summed E-state index contributed by atoms with van der Waals surface area (Å²) in [7, 11) is 0. The zero-order chi connectivity index (χ0) is 18.4. The standard InChI is InChI=1S/C23H23NO3/c1-15-21(16-7-3-2-4-8-16)22(25)18-11-12-20-19(23(18)27-15)13-24(14-26-20)17-9-5-6-10-17/h2-4,7-8,11-12,17H,5-6,9-10,13-14H2,1H3. The highest BCUT2D eigenvalue weighted by Crippen LogP contribution is 2.36. The van der Waals surface area contributed by atoms with E-state index in [0.29, 0.717) is 35.1 Å². The van der Waals surface area contributed by atoms with Crippen molar-refractivity contribution in [2.24, 2.45) is 0 Å². The summed E-state index contributed by atoms with van der Waals surface area (Å²) in [6, 6.07) is 14.1. The number of aryl methyl sites for hydroxylation is 1. The van der Waals surface area contributed by atoms with E-state index in [4.69, 9.17) is 9.15 Å². The second-order valence-corrected chi connectivity index (χ2v) is 7.61. The van der Waals surface area contributed by atoms with Crippen molar-refractivity contribution in [2.45, 2.75) is 45.2 Å². The fourth-order valence-corrected chi connectivity index (χ4v) is 4.53. The lowest BCUT2D eigenvalue weighted by molar-refractivity contribution is 0.0581. The van der Waals surface area contributed by atoms with E-state index in [1.165, 1.54) is 25.7 Å². The van der Waals surface area contributed by atoms with Crippen LogP contribution in [-0.2, 0) is 6.54 Å². The first-order chi connectivity index (χ1) is 13.2. The van der Waals surface area contributed by atoms with Crippen molar-refractivity contribution in [1.29, 1.82) is 0 Å². The van der Waals surface area contributed by atoms with E-state index in [2.05, 4.69) is 4.90 Å². The highest BCUT2D eigenvalue weighted by Gasteiger charge is 2.29. The zero-order valence-corrected chi connectivity index (χ0v) is 15.5. The predicted molar refractivity (Wildman–Crippen MR) is 106 cm³/mol. The molecule has 2 aliphatic rings. The molecule has 0 amide bonds. The Kier molecular flexibility index (Phi) is 4.01. The van der Waals surface area contributed by atoms with E-state index in [-0.39, 0.29) is 5.43 Å². The van der Waals surface area contributed by atoms with Gasteiger partial charge >= 0.3 is 0 Å². The molecular formula is C23H23NO3. The maximum atomic E-state index is 13.3. The van der Waals surface area contributed by atoms with Gasteiger partial charge in [-0.1, -0.05) is 43.2 Å². The maximum Gasteiger partial charge on any atom is 0.200 e.